The molecule has 0 aromatic heterocycles. The number of carbonyl (C=O) groups is 3. The summed E-state index contributed by atoms with van der Waals surface area (Å²) in [5.74, 6) is -0.00536. The van der Waals surface area contributed by atoms with E-state index in [2.05, 4.69) is 10.1 Å². The van der Waals surface area contributed by atoms with Gasteiger partial charge in [0.15, 0.2) is 0 Å². The Hall–Kier alpha value is -3.35. The average molecular weight is 398 g/mol. The molecule has 0 spiro atoms. The molecule has 2 aromatic rings. The molecule has 0 fully saturated rings. The van der Waals surface area contributed by atoms with Crippen LogP contribution in [0.3, 0.4) is 0 Å². The lowest BCUT2D eigenvalue weighted by atomic mass is 10.1. The first-order valence-corrected chi connectivity index (χ1v) is 9.29. The van der Waals surface area contributed by atoms with Gasteiger partial charge in [0.1, 0.15) is 5.75 Å². The van der Waals surface area contributed by atoms with Crippen LogP contribution in [0, 0.1) is 0 Å². The summed E-state index contributed by atoms with van der Waals surface area (Å²) in [6, 6.07) is 14.2. The number of amides is 2. The summed E-state index contributed by atoms with van der Waals surface area (Å²) in [5, 5.41) is 2.74. The zero-order valence-corrected chi connectivity index (χ0v) is 16.9. The lowest BCUT2D eigenvalue weighted by Gasteiger charge is -2.21. The number of benzene rings is 2. The van der Waals surface area contributed by atoms with Gasteiger partial charge < -0.3 is 19.7 Å². The molecule has 1 N–H and O–H groups in total. The summed E-state index contributed by atoms with van der Waals surface area (Å²) in [5.41, 5.74) is 1.95. The molecular formula is C22H26N2O5. The molecule has 7 heteroatoms. The molecule has 0 unspecified atom stereocenters. The molecule has 0 heterocycles. The zero-order valence-electron chi connectivity index (χ0n) is 16.9. The van der Waals surface area contributed by atoms with E-state index in [0.29, 0.717) is 30.8 Å². The van der Waals surface area contributed by atoms with Crippen molar-refractivity contribution in [3.8, 4) is 5.75 Å². The van der Waals surface area contributed by atoms with Gasteiger partial charge in [0.2, 0.25) is 11.8 Å². The van der Waals surface area contributed by atoms with Crippen LogP contribution >= 0.6 is 0 Å². The molecule has 2 aromatic carbocycles. The van der Waals surface area contributed by atoms with Gasteiger partial charge in [0.25, 0.3) is 0 Å². The fraction of sp³-hybridized carbons (Fsp3) is 0.318. The van der Waals surface area contributed by atoms with E-state index in [-0.39, 0.29) is 18.2 Å². The Kier molecular flexibility index (Phi) is 8.21. The van der Waals surface area contributed by atoms with Crippen molar-refractivity contribution in [3.05, 3.63) is 59.7 Å². The first-order chi connectivity index (χ1) is 13.9. The van der Waals surface area contributed by atoms with E-state index in [4.69, 9.17) is 4.74 Å². The van der Waals surface area contributed by atoms with Crippen LogP contribution < -0.4 is 10.1 Å². The van der Waals surface area contributed by atoms with Gasteiger partial charge in [-0.25, -0.2) is 4.79 Å². The maximum absolute atomic E-state index is 12.3. The molecule has 0 radical (unpaired) electrons. The summed E-state index contributed by atoms with van der Waals surface area (Å²) < 4.78 is 9.81. The number of ether oxygens (including phenoxy) is 2. The number of rotatable bonds is 9. The number of esters is 1. The van der Waals surface area contributed by atoms with Crippen LogP contribution in [0.15, 0.2) is 48.5 Å². The van der Waals surface area contributed by atoms with E-state index < -0.39 is 5.97 Å². The van der Waals surface area contributed by atoms with Gasteiger partial charge in [-0.1, -0.05) is 18.2 Å². The van der Waals surface area contributed by atoms with Crippen molar-refractivity contribution in [1.82, 2.24) is 4.90 Å². The minimum Gasteiger partial charge on any atom is -0.497 e. The number of hydrogen-bond donors (Lipinski definition) is 1. The molecule has 0 atom stereocenters. The van der Waals surface area contributed by atoms with Crippen molar-refractivity contribution in [3.63, 3.8) is 0 Å². The fourth-order valence-corrected chi connectivity index (χ4v) is 2.78. The van der Waals surface area contributed by atoms with Crippen molar-refractivity contribution in [2.75, 3.05) is 32.6 Å². The molecule has 0 bridgehead atoms. The van der Waals surface area contributed by atoms with Crippen molar-refractivity contribution in [2.24, 2.45) is 0 Å². The Bertz CT molecular complexity index is 849. The smallest absolute Gasteiger partial charge is 0.337 e. The van der Waals surface area contributed by atoms with E-state index in [1.165, 1.54) is 14.0 Å². The highest BCUT2D eigenvalue weighted by atomic mass is 16.5. The molecule has 0 saturated heterocycles. The van der Waals surface area contributed by atoms with E-state index in [0.717, 1.165) is 11.3 Å². The number of nitrogens with one attached hydrogen (secondary N) is 1. The van der Waals surface area contributed by atoms with Crippen LogP contribution in [0.4, 0.5) is 5.69 Å². The maximum atomic E-state index is 12.3. The largest absolute Gasteiger partial charge is 0.497 e. The normalized spacial score (nSPS) is 10.2. The van der Waals surface area contributed by atoms with Crippen LogP contribution in [0.25, 0.3) is 0 Å². The average Bonchev–Trinajstić information content (AvgIpc) is 2.73. The summed E-state index contributed by atoms with van der Waals surface area (Å²) in [6.07, 6.45) is 0.844. The topological polar surface area (TPSA) is 84.9 Å². The van der Waals surface area contributed by atoms with Gasteiger partial charge in [-0.2, -0.15) is 0 Å². The number of anilines is 1. The molecule has 2 rings (SSSR count). The number of methoxy groups -OCH3 is 2. The van der Waals surface area contributed by atoms with Crippen LogP contribution in [0.1, 0.15) is 29.3 Å². The van der Waals surface area contributed by atoms with Crippen molar-refractivity contribution in [2.45, 2.75) is 19.8 Å². The second-order valence-corrected chi connectivity index (χ2v) is 6.47. The third-order valence-electron chi connectivity index (χ3n) is 4.45. The first kappa shape index (κ1) is 21.9. The number of carbonyl (C=O) groups excluding carboxylic acids is 3. The van der Waals surface area contributed by atoms with E-state index >= 15 is 0 Å². The van der Waals surface area contributed by atoms with E-state index in [1.54, 1.807) is 36.3 Å². The summed E-state index contributed by atoms with van der Waals surface area (Å²) in [6.45, 7) is 2.33. The SMILES string of the molecule is COC(=O)c1cccc(NC(=O)CCN(CCc2ccc(OC)cc2)C(C)=O)c1. The van der Waals surface area contributed by atoms with E-state index in [9.17, 15) is 14.4 Å². The Labute approximate surface area is 170 Å². The summed E-state index contributed by atoms with van der Waals surface area (Å²) in [4.78, 5) is 37.4. The standard InChI is InChI=1S/C22H26N2O5/c1-16(25)24(13-11-17-7-9-20(28-2)10-8-17)14-12-21(26)23-19-6-4-5-18(15-19)22(27)29-3/h4-10,15H,11-14H2,1-3H3,(H,23,26). The van der Waals surface area contributed by atoms with Gasteiger partial charge in [-0.15, -0.1) is 0 Å². The highest BCUT2D eigenvalue weighted by Gasteiger charge is 2.12. The van der Waals surface area contributed by atoms with Gasteiger partial charge in [0, 0.05) is 32.1 Å². The van der Waals surface area contributed by atoms with Gasteiger partial charge in [0.05, 0.1) is 19.8 Å². The Morgan fingerprint density at radius 1 is 1.00 bits per heavy atom. The van der Waals surface area contributed by atoms with Crippen LogP contribution in [-0.2, 0) is 20.7 Å². The van der Waals surface area contributed by atoms with Crippen molar-refractivity contribution >= 4 is 23.5 Å². The predicted octanol–water partition coefficient (Wildman–Crippen LogP) is 2.90. The monoisotopic (exact) mass is 398 g/mol. The minimum absolute atomic E-state index is 0.0843. The lowest BCUT2D eigenvalue weighted by molar-refractivity contribution is -0.129. The first-order valence-electron chi connectivity index (χ1n) is 9.29. The number of nitrogens with zero attached hydrogens (tertiary/aromatic N) is 1. The maximum Gasteiger partial charge on any atom is 0.337 e. The molecule has 0 aliphatic carbocycles. The third-order valence-corrected chi connectivity index (χ3v) is 4.45. The van der Waals surface area contributed by atoms with Crippen LogP contribution in [-0.4, -0.2) is 50.0 Å². The molecule has 29 heavy (non-hydrogen) atoms. The second kappa shape index (κ2) is 10.8. The molecule has 0 saturated carbocycles. The molecular weight excluding hydrogens is 372 g/mol. The summed E-state index contributed by atoms with van der Waals surface area (Å²) in [7, 11) is 2.92. The summed E-state index contributed by atoms with van der Waals surface area (Å²) >= 11 is 0. The fourth-order valence-electron chi connectivity index (χ4n) is 2.78. The van der Waals surface area contributed by atoms with Crippen LogP contribution in [0.5, 0.6) is 5.75 Å². The van der Waals surface area contributed by atoms with Gasteiger partial charge in [-0.3, -0.25) is 9.59 Å². The molecule has 0 aliphatic heterocycles. The molecule has 154 valence electrons. The zero-order chi connectivity index (χ0) is 21.2. The Morgan fingerprint density at radius 2 is 1.72 bits per heavy atom. The van der Waals surface area contributed by atoms with Crippen molar-refractivity contribution in [1.29, 1.82) is 0 Å². The number of hydrogen-bond acceptors (Lipinski definition) is 5. The predicted molar refractivity (Wildman–Crippen MR) is 110 cm³/mol. The Morgan fingerprint density at radius 3 is 2.34 bits per heavy atom. The third kappa shape index (κ3) is 6.95. The molecule has 2 amide bonds. The highest BCUT2D eigenvalue weighted by molar-refractivity contribution is 5.94. The minimum atomic E-state index is -0.470. The molecule has 7 nitrogen and oxygen atoms in total. The van der Waals surface area contributed by atoms with Crippen LogP contribution in [0.2, 0.25) is 0 Å². The van der Waals surface area contributed by atoms with E-state index in [1.807, 2.05) is 24.3 Å². The molecule has 0 aliphatic rings. The van der Waals surface area contributed by atoms with Crippen molar-refractivity contribution < 1.29 is 23.9 Å². The second-order valence-electron chi connectivity index (χ2n) is 6.47. The van der Waals surface area contributed by atoms with Gasteiger partial charge in [-0.05, 0) is 42.3 Å². The Balaban J connectivity index is 1.86. The lowest BCUT2D eigenvalue weighted by Crippen LogP contribution is -2.33. The van der Waals surface area contributed by atoms with Gasteiger partial charge >= 0.3 is 5.97 Å². The quantitative estimate of drug-likeness (QED) is 0.657. The highest BCUT2D eigenvalue weighted by Crippen LogP contribution is 2.13.